The Morgan fingerprint density at radius 2 is 2.03 bits per heavy atom. The number of nitrogens with zero attached hydrogens (tertiary/aromatic N) is 5. The molecule has 5 rings (SSSR count). The SMILES string of the molecule is CN1Cc2c3c(nn2CC(CN2CCCC2)C1)CCN(C(=O)Nc1ccc(F)c(Cl)c1)C3=O. The van der Waals surface area contributed by atoms with E-state index in [1.807, 2.05) is 4.68 Å². The number of nitrogens with one attached hydrogen (secondary N) is 1. The summed E-state index contributed by atoms with van der Waals surface area (Å²) in [5.41, 5.74) is 2.52. The number of likely N-dealkylation sites (tertiary alicyclic amines) is 1. The van der Waals surface area contributed by atoms with Crippen LogP contribution < -0.4 is 5.32 Å². The lowest BCUT2D eigenvalue weighted by molar-refractivity contribution is 0.0796. The van der Waals surface area contributed by atoms with Crippen LogP contribution in [0, 0.1) is 11.7 Å². The first kappa shape index (κ1) is 22.3. The van der Waals surface area contributed by atoms with Crippen molar-refractivity contribution >= 4 is 29.2 Å². The van der Waals surface area contributed by atoms with E-state index in [0.29, 0.717) is 30.1 Å². The van der Waals surface area contributed by atoms with Crippen molar-refractivity contribution in [1.29, 1.82) is 0 Å². The molecule has 3 aliphatic heterocycles. The minimum Gasteiger partial charge on any atom is -0.307 e. The van der Waals surface area contributed by atoms with E-state index in [2.05, 4.69) is 22.2 Å². The summed E-state index contributed by atoms with van der Waals surface area (Å²) in [6, 6.07) is 3.37. The number of carbonyl (C=O) groups excluding carboxylic acids is 2. The van der Waals surface area contributed by atoms with E-state index in [0.717, 1.165) is 44.1 Å². The highest BCUT2D eigenvalue weighted by Gasteiger charge is 2.37. The first-order valence-corrected chi connectivity index (χ1v) is 11.8. The summed E-state index contributed by atoms with van der Waals surface area (Å²) in [6.07, 6.45) is 3.04. The summed E-state index contributed by atoms with van der Waals surface area (Å²) in [6.45, 7) is 5.94. The molecule has 1 aromatic carbocycles. The van der Waals surface area contributed by atoms with E-state index in [-0.39, 0.29) is 17.5 Å². The van der Waals surface area contributed by atoms with Crippen molar-refractivity contribution in [3.63, 3.8) is 0 Å². The number of aromatic nitrogens is 2. The normalized spacial score (nSPS) is 21.6. The van der Waals surface area contributed by atoms with Crippen LogP contribution in [0.2, 0.25) is 5.02 Å². The Labute approximate surface area is 197 Å². The number of halogens is 2. The third kappa shape index (κ3) is 4.49. The topological polar surface area (TPSA) is 73.7 Å². The van der Waals surface area contributed by atoms with Crippen molar-refractivity contribution in [2.45, 2.75) is 32.4 Å². The molecule has 8 nitrogen and oxygen atoms in total. The Kier molecular flexibility index (Phi) is 6.11. The zero-order chi connectivity index (χ0) is 23.1. The molecule has 2 aromatic rings. The summed E-state index contributed by atoms with van der Waals surface area (Å²) < 4.78 is 15.4. The van der Waals surface area contributed by atoms with Crippen LogP contribution in [0.5, 0.6) is 0 Å². The molecule has 1 unspecified atom stereocenters. The van der Waals surface area contributed by atoms with Crippen LogP contribution >= 0.6 is 11.6 Å². The van der Waals surface area contributed by atoms with Crippen LogP contribution in [0.15, 0.2) is 18.2 Å². The van der Waals surface area contributed by atoms with Crippen LogP contribution in [0.3, 0.4) is 0 Å². The zero-order valence-electron chi connectivity index (χ0n) is 18.7. The Morgan fingerprint density at radius 3 is 2.79 bits per heavy atom. The Balaban J connectivity index is 1.35. The molecule has 1 saturated heterocycles. The van der Waals surface area contributed by atoms with Gasteiger partial charge >= 0.3 is 6.03 Å². The van der Waals surface area contributed by atoms with Crippen molar-refractivity contribution < 1.29 is 14.0 Å². The molecular formula is C23H28ClFN6O2. The molecule has 176 valence electrons. The molecule has 0 spiro atoms. The summed E-state index contributed by atoms with van der Waals surface area (Å²) in [7, 11) is 2.07. The van der Waals surface area contributed by atoms with Crippen molar-refractivity contribution in [3.05, 3.63) is 46.0 Å². The third-order valence-corrected chi connectivity index (χ3v) is 7.00. The van der Waals surface area contributed by atoms with Gasteiger partial charge in [-0.05, 0) is 51.2 Å². The van der Waals surface area contributed by atoms with Gasteiger partial charge in [-0.2, -0.15) is 5.10 Å². The number of hydrogen-bond donors (Lipinski definition) is 1. The van der Waals surface area contributed by atoms with Crippen molar-refractivity contribution in [3.8, 4) is 0 Å². The van der Waals surface area contributed by atoms with E-state index in [4.69, 9.17) is 16.7 Å². The van der Waals surface area contributed by atoms with E-state index in [9.17, 15) is 14.0 Å². The van der Waals surface area contributed by atoms with Gasteiger partial charge in [-0.15, -0.1) is 0 Å². The molecule has 0 aliphatic carbocycles. The molecule has 1 atom stereocenters. The third-order valence-electron chi connectivity index (χ3n) is 6.71. The standard InChI is InChI=1S/C23H28ClFN6O2/c1-28-11-15(12-29-7-2-3-8-29)13-31-20(14-28)21-19(27-31)6-9-30(22(21)32)23(33)26-16-4-5-18(25)17(24)10-16/h4-5,10,15H,2-3,6-9,11-14H2,1H3,(H,26,33). The molecule has 33 heavy (non-hydrogen) atoms. The summed E-state index contributed by atoms with van der Waals surface area (Å²) in [5.74, 6) is -0.467. The zero-order valence-corrected chi connectivity index (χ0v) is 19.4. The van der Waals surface area contributed by atoms with Crippen LogP contribution in [0.4, 0.5) is 14.9 Å². The fourth-order valence-corrected chi connectivity index (χ4v) is 5.39. The lowest BCUT2D eigenvalue weighted by Gasteiger charge is -2.26. The molecule has 3 amide bonds. The molecule has 0 bridgehead atoms. The van der Waals surface area contributed by atoms with Crippen molar-refractivity contribution in [2.24, 2.45) is 5.92 Å². The number of urea groups is 1. The Hall–Kier alpha value is -2.49. The first-order valence-electron chi connectivity index (χ1n) is 11.5. The van der Waals surface area contributed by atoms with Gasteiger partial charge in [0.25, 0.3) is 5.91 Å². The van der Waals surface area contributed by atoms with Crippen LogP contribution in [0.1, 0.15) is 34.6 Å². The van der Waals surface area contributed by atoms with Gasteiger partial charge in [-0.25, -0.2) is 9.18 Å². The largest absolute Gasteiger partial charge is 0.328 e. The second-order valence-corrected chi connectivity index (χ2v) is 9.69. The second-order valence-electron chi connectivity index (χ2n) is 9.29. The fraction of sp³-hybridized carbons (Fsp3) is 0.522. The van der Waals surface area contributed by atoms with Gasteiger partial charge in [0, 0.05) is 50.7 Å². The van der Waals surface area contributed by atoms with E-state index >= 15 is 0 Å². The maximum absolute atomic E-state index is 13.4. The van der Waals surface area contributed by atoms with Gasteiger partial charge in [0.1, 0.15) is 5.82 Å². The van der Waals surface area contributed by atoms with Gasteiger partial charge in [-0.1, -0.05) is 11.6 Å². The van der Waals surface area contributed by atoms with Crippen molar-refractivity contribution in [1.82, 2.24) is 24.5 Å². The minimum absolute atomic E-state index is 0.0893. The quantitative estimate of drug-likeness (QED) is 0.740. The van der Waals surface area contributed by atoms with Crippen molar-refractivity contribution in [2.75, 3.05) is 45.1 Å². The Bertz CT molecular complexity index is 1080. The highest BCUT2D eigenvalue weighted by atomic mass is 35.5. The monoisotopic (exact) mass is 474 g/mol. The highest BCUT2D eigenvalue weighted by molar-refractivity contribution is 6.31. The summed E-state index contributed by atoms with van der Waals surface area (Å²) >= 11 is 5.81. The number of hydrogen-bond acceptors (Lipinski definition) is 5. The molecule has 1 N–H and O–H groups in total. The summed E-state index contributed by atoms with van der Waals surface area (Å²) in [4.78, 5) is 32.2. The van der Waals surface area contributed by atoms with Gasteiger partial charge in [0.05, 0.1) is 22.0 Å². The average Bonchev–Trinajstić information content (AvgIpc) is 3.36. The summed E-state index contributed by atoms with van der Waals surface area (Å²) in [5, 5.41) is 7.36. The van der Waals surface area contributed by atoms with Gasteiger partial charge < -0.3 is 15.1 Å². The maximum atomic E-state index is 13.4. The maximum Gasteiger partial charge on any atom is 0.328 e. The first-order chi connectivity index (χ1) is 15.9. The van der Waals surface area contributed by atoms with E-state index in [1.54, 1.807) is 0 Å². The molecule has 1 aromatic heterocycles. The number of rotatable bonds is 3. The lowest BCUT2D eigenvalue weighted by Crippen LogP contribution is -2.44. The van der Waals surface area contributed by atoms with Crippen LogP contribution in [-0.2, 0) is 19.5 Å². The van der Waals surface area contributed by atoms with Crippen LogP contribution in [0.25, 0.3) is 0 Å². The molecule has 1 fully saturated rings. The predicted molar refractivity (Wildman–Crippen MR) is 123 cm³/mol. The molecular weight excluding hydrogens is 447 g/mol. The van der Waals surface area contributed by atoms with E-state index in [1.165, 1.54) is 35.9 Å². The number of imide groups is 1. The second kappa shape index (κ2) is 9.04. The molecule has 0 saturated carbocycles. The molecule has 4 heterocycles. The minimum atomic E-state index is -0.567. The fourth-order valence-electron chi connectivity index (χ4n) is 5.21. The molecule has 0 radical (unpaired) electrons. The smallest absolute Gasteiger partial charge is 0.307 e. The lowest BCUT2D eigenvalue weighted by atomic mass is 10.0. The number of fused-ring (bicyclic) bond motifs is 3. The van der Waals surface area contributed by atoms with Crippen LogP contribution in [-0.4, -0.2) is 76.2 Å². The molecule has 3 aliphatic rings. The number of benzene rings is 1. The highest BCUT2D eigenvalue weighted by Crippen LogP contribution is 2.28. The predicted octanol–water partition coefficient (Wildman–Crippen LogP) is 3.06. The molecule has 10 heteroatoms. The van der Waals surface area contributed by atoms with E-state index < -0.39 is 11.8 Å². The van der Waals surface area contributed by atoms with Gasteiger partial charge in [-0.3, -0.25) is 14.4 Å². The van der Waals surface area contributed by atoms with Gasteiger partial charge in [0.15, 0.2) is 0 Å². The van der Waals surface area contributed by atoms with Gasteiger partial charge in [0.2, 0.25) is 0 Å². The number of anilines is 1. The number of amides is 3. The Morgan fingerprint density at radius 1 is 1.24 bits per heavy atom. The number of carbonyl (C=O) groups is 2. The average molecular weight is 475 g/mol.